The third kappa shape index (κ3) is 2.70. The number of thiazole rings is 1. The normalized spacial score (nSPS) is 13.2. The molecule has 0 bridgehead atoms. The fraction of sp³-hybridized carbons (Fsp3) is 0.417. The highest BCUT2D eigenvalue weighted by Crippen LogP contribution is 2.28. The van der Waals surface area contributed by atoms with Gasteiger partial charge in [-0.2, -0.15) is 0 Å². The fourth-order valence-electron chi connectivity index (χ4n) is 1.39. The van der Waals surface area contributed by atoms with E-state index in [1.165, 1.54) is 4.88 Å². The molecule has 1 unspecified atom stereocenters. The Balaban J connectivity index is 2.08. The van der Waals surface area contributed by atoms with Gasteiger partial charge in [0.1, 0.15) is 5.01 Å². The van der Waals surface area contributed by atoms with Crippen molar-refractivity contribution in [1.82, 2.24) is 4.98 Å². The summed E-state index contributed by atoms with van der Waals surface area (Å²) >= 11 is 3.44. The van der Waals surface area contributed by atoms with Gasteiger partial charge >= 0.3 is 0 Å². The van der Waals surface area contributed by atoms with Crippen LogP contribution in [0.25, 0.3) is 9.88 Å². The highest BCUT2D eigenvalue weighted by molar-refractivity contribution is 7.20. The zero-order valence-corrected chi connectivity index (χ0v) is 11.1. The zero-order valence-electron chi connectivity index (χ0n) is 9.51. The van der Waals surface area contributed by atoms with E-state index in [0.717, 1.165) is 17.1 Å². The molecular weight excluding hydrogens is 236 g/mol. The summed E-state index contributed by atoms with van der Waals surface area (Å²) in [6.45, 7) is 4.30. The maximum Gasteiger partial charge on any atom is 0.133 e. The molecule has 0 amide bonds. The van der Waals surface area contributed by atoms with Gasteiger partial charge in [-0.3, -0.25) is 0 Å². The van der Waals surface area contributed by atoms with Crippen LogP contribution in [0.5, 0.6) is 0 Å². The summed E-state index contributed by atoms with van der Waals surface area (Å²) in [6, 6.07) is 4.37. The molecule has 0 spiro atoms. The molecule has 0 aliphatic heterocycles. The number of hydrogen-bond donors (Lipinski definition) is 1. The van der Waals surface area contributed by atoms with Gasteiger partial charge < -0.3 is 5.73 Å². The second-order valence-electron chi connectivity index (χ2n) is 4.23. The number of nitrogens with two attached hydrogens (primary N) is 1. The second kappa shape index (κ2) is 5.08. The van der Waals surface area contributed by atoms with Crippen LogP contribution in [0.15, 0.2) is 22.9 Å². The topological polar surface area (TPSA) is 38.9 Å². The van der Waals surface area contributed by atoms with Crippen molar-refractivity contribution in [1.29, 1.82) is 0 Å². The predicted octanol–water partition coefficient (Wildman–Crippen LogP) is 3.40. The second-order valence-corrected chi connectivity index (χ2v) is 6.04. The van der Waals surface area contributed by atoms with Crippen LogP contribution in [0.4, 0.5) is 0 Å². The van der Waals surface area contributed by atoms with Crippen LogP contribution in [0.1, 0.15) is 19.5 Å². The SMILES string of the molecule is CC(C)C(N)Cc1csc(-c2cccs2)n1. The number of nitrogens with zero attached hydrogens (tertiary/aromatic N) is 1. The Morgan fingerprint density at radius 2 is 2.19 bits per heavy atom. The van der Waals surface area contributed by atoms with Crippen molar-refractivity contribution in [2.24, 2.45) is 11.7 Å². The maximum absolute atomic E-state index is 6.04. The van der Waals surface area contributed by atoms with Crippen LogP contribution in [-0.2, 0) is 6.42 Å². The Hall–Kier alpha value is -0.710. The standard InChI is InChI=1S/C12H16N2S2/c1-8(2)10(13)6-9-7-16-12(14-9)11-4-3-5-15-11/h3-5,7-8,10H,6,13H2,1-2H3. The van der Waals surface area contributed by atoms with Crippen molar-refractivity contribution in [3.8, 4) is 9.88 Å². The van der Waals surface area contributed by atoms with Crippen LogP contribution in [-0.4, -0.2) is 11.0 Å². The molecule has 0 radical (unpaired) electrons. The fourth-order valence-corrected chi connectivity index (χ4v) is 3.04. The van der Waals surface area contributed by atoms with Crippen molar-refractivity contribution in [3.05, 3.63) is 28.6 Å². The number of hydrogen-bond acceptors (Lipinski definition) is 4. The average Bonchev–Trinajstić information content (AvgIpc) is 2.85. The summed E-state index contributed by atoms with van der Waals surface area (Å²) < 4.78 is 0. The summed E-state index contributed by atoms with van der Waals surface area (Å²) in [6.07, 6.45) is 0.875. The molecule has 16 heavy (non-hydrogen) atoms. The minimum absolute atomic E-state index is 0.207. The smallest absolute Gasteiger partial charge is 0.133 e. The lowest BCUT2D eigenvalue weighted by atomic mass is 10.0. The summed E-state index contributed by atoms with van der Waals surface area (Å²) in [4.78, 5) is 5.87. The lowest BCUT2D eigenvalue weighted by Crippen LogP contribution is -2.28. The Bertz CT molecular complexity index is 432. The molecule has 86 valence electrons. The Morgan fingerprint density at radius 1 is 1.38 bits per heavy atom. The molecule has 4 heteroatoms. The van der Waals surface area contributed by atoms with Crippen LogP contribution in [0, 0.1) is 5.92 Å². The van der Waals surface area contributed by atoms with E-state index < -0.39 is 0 Å². The summed E-state index contributed by atoms with van der Waals surface area (Å²) in [5.41, 5.74) is 7.16. The van der Waals surface area contributed by atoms with E-state index in [2.05, 4.69) is 41.7 Å². The van der Waals surface area contributed by atoms with Crippen molar-refractivity contribution in [2.75, 3.05) is 0 Å². The first-order valence-corrected chi connectivity index (χ1v) is 7.16. The average molecular weight is 252 g/mol. The number of rotatable bonds is 4. The predicted molar refractivity (Wildman–Crippen MR) is 71.9 cm³/mol. The molecule has 2 N–H and O–H groups in total. The van der Waals surface area contributed by atoms with E-state index >= 15 is 0 Å². The van der Waals surface area contributed by atoms with Gasteiger partial charge in [0.25, 0.3) is 0 Å². The highest BCUT2D eigenvalue weighted by Gasteiger charge is 2.12. The van der Waals surface area contributed by atoms with E-state index in [1.807, 2.05) is 0 Å². The molecule has 2 aromatic rings. The number of aromatic nitrogens is 1. The molecule has 0 aliphatic rings. The molecule has 0 fully saturated rings. The largest absolute Gasteiger partial charge is 0.327 e. The van der Waals surface area contributed by atoms with Gasteiger partial charge in [-0.1, -0.05) is 19.9 Å². The molecule has 0 aliphatic carbocycles. The molecular formula is C12H16N2S2. The van der Waals surface area contributed by atoms with Gasteiger partial charge in [0.05, 0.1) is 10.6 Å². The summed E-state index contributed by atoms with van der Waals surface area (Å²) in [7, 11) is 0. The van der Waals surface area contributed by atoms with Crippen LogP contribution < -0.4 is 5.73 Å². The maximum atomic E-state index is 6.04. The molecule has 2 rings (SSSR count). The summed E-state index contributed by atoms with van der Waals surface area (Å²) in [5.74, 6) is 0.506. The molecule has 2 heterocycles. The first-order chi connectivity index (χ1) is 7.66. The summed E-state index contributed by atoms with van der Waals surface area (Å²) in [5, 5.41) is 5.31. The first-order valence-electron chi connectivity index (χ1n) is 5.40. The first kappa shape index (κ1) is 11.8. The Morgan fingerprint density at radius 3 is 2.81 bits per heavy atom. The Labute approximate surface area is 104 Å². The molecule has 1 atom stereocenters. The Kier molecular flexibility index (Phi) is 3.74. The lowest BCUT2D eigenvalue weighted by molar-refractivity contribution is 0.487. The zero-order chi connectivity index (χ0) is 11.5. The minimum Gasteiger partial charge on any atom is -0.327 e. The van der Waals surface area contributed by atoms with Gasteiger partial charge in [0.15, 0.2) is 0 Å². The van der Waals surface area contributed by atoms with E-state index in [0.29, 0.717) is 5.92 Å². The van der Waals surface area contributed by atoms with Crippen LogP contribution >= 0.6 is 22.7 Å². The van der Waals surface area contributed by atoms with E-state index in [1.54, 1.807) is 22.7 Å². The minimum atomic E-state index is 0.207. The van der Waals surface area contributed by atoms with Crippen molar-refractivity contribution >= 4 is 22.7 Å². The van der Waals surface area contributed by atoms with Crippen molar-refractivity contribution in [2.45, 2.75) is 26.3 Å². The van der Waals surface area contributed by atoms with Crippen LogP contribution in [0.2, 0.25) is 0 Å². The third-order valence-corrected chi connectivity index (χ3v) is 4.52. The molecule has 0 saturated carbocycles. The highest BCUT2D eigenvalue weighted by atomic mass is 32.1. The molecule has 2 nitrogen and oxygen atoms in total. The van der Waals surface area contributed by atoms with Gasteiger partial charge in [0, 0.05) is 17.8 Å². The van der Waals surface area contributed by atoms with Gasteiger partial charge in [0.2, 0.25) is 0 Å². The van der Waals surface area contributed by atoms with Crippen molar-refractivity contribution < 1.29 is 0 Å². The van der Waals surface area contributed by atoms with E-state index in [4.69, 9.17) is 5.73 Å². The van der Waals surface area contributed by atoms with Crippen molar-refractivity contribution in [3.63, 3.8) is 0 Å². The third-order valence-electron chi connectivity index (χ3n) is 2.58. The van der Waals surface area contributed by atoms with Gasteiger partial charge in [-0.15, -0.1) is 22.7 Å². The molecule has 0 aromatic carbocycles. The van der Waals surface area contributed by atoms with E-state index in [-0.39, 0.29) is 6.04 Å². The van der Waals surface area contributed by atoms with Gasteiger partial charge in [-0.25, -0.2) is 4.98 Å². The molecule has 2 aromatic heterocycles. The lowest BCUT2D eigenvalue weighted by Gasteiger charge is -2.13. The molecule has 0 saturated heterocycles. The monoisotopic (exact) mass is 252 g/mol. The number of thiophene rings is 1. The quantitative estimate of drug-likeness (QED) is 0.905. The van der Waals surface area contributed by atoms with E-state index in [9.17, 15) is 0 Å². The van der Waals surface area contributed by atoms with Gasteiger partial charge in [-0.05, 0) is 17.4 Å². The van der Waals surface area contributed by atoms with Crippen LogP contribution in [0.3, 0.4) is 0 Å².